The number of para-hydroxylation sites is 1. The fourth-order valence-corrected chi connectivity index (χ4v) is 1.75. The predicted octanol–water partition coefficient (Wildman–Crippen LogP) is 4.46. The second-order valence-corrected chi connectivity index (χ2v) is 5.16. The average Bonchev–Trinajstić information content (AvgIpc) is 2.16. The molecule has 0 saturated heterocycles. The van der Waals surface area contributed by atoms with Crippen molar-refractivity contribution in [3.8, 4) is 0 Å². The minimum absolute atomic E-state index is 0.00239. The van der Waals surface area contributed by atoms with Crippen molar-refractivity contribution in [2.24, 2.45) is 0 Å². The van der Waals surface area contributed by atoms with Crippen LogP contribution in [0.15, 0.2) is 34.7 Å². The molecule has 1 nitrogen and oxygen atoms in total. The molecule has 1 aromatic heterocycles. The summed E-state index contributed by atoms with van der Waals surface area (Å²) in [4.78, 5) is 0. The molecule has 2 rings (SSSR count). The number of fused-ring (bicyclic) bond motifs is 1. The molecule has 0 unspecified atom stereocenters. The SMILES string of the molecule is CC(C)(C)c1cc(=S)c2ccccc2o1. The molecule has 0 amide bonds. The highest BCUT2D eigenvalue weighted by atomic mass is 32.1. The van der Waals surface area contributed by atoms with Crippen LogP contribution in [0.25, 0.3) is 11.0 Å². The zero-order chi connectivity index (χ0) is 11.1. The van der Waals surface area contributed by atoms with Gasteiger partial charge in [-0.25, -0.2) is 0 Å². The van der Waals surface area contributed by atoms with Crippen molar-refractivity contribution >= 4 is 23.2 Å². The lowest BCUT2D eigenvalue weighted by Crippen LogP contribution is -2.10. The Labute approximate surface area is 94.7 Å². The van der Waals surface area contributed by atoms with Crippen molar-refractivity contribution in [3.05, 3.63) is 40.6 Å². The van der Waals surface area contributed by atoms with E-state index in [-0.39, 0.29) is 5.41 Å². The Morgan fingerprint density at radius 2 is 1.80 bits per heavy atom. The lowest BCUT2D eigenvalue weighted by molar-refractivity contribution is 0.421. The van der Waals surface area contributed by atoms with E-state index in [2.05, 4.69) is 20.8 Å². The summed E-state index contributed by atoms with van der Waals surface area (Å²) >= 11 is 5.35. The molecule has 0 spiro atoms. The van der Waals surface area contributed by atoms with Gasteiger partial charge < -0.3 is 4.42 Å². The Morgan fingerprint density at radius 1 is 1.13 bits per heavy atom. The summed E-state index contributed by atoms with van der Waals surface area (Å²) in [6, 6.07) is 9.85. The molecule has 0 atom stereocenters. The molecule has 0 aliphatic carbocycles. The maximum atomic E-state index is 5.84. The van der Waals surface area contributed by atoms with Gasteiger partial charge in [-0.1, -0.05) is 45.1 Å². The van der Waals surface area contributed by atoms with Crippen LogP contribution in [0.3, 0.4) is 0 Å². The molecule has 0 radical (unpaired) electrons. The predicted molar refractivity (Wildman–Crippen MR) is 65.7 cm³/mol. The van der Waals surface area contributed by atoms with Gasteiger partial charge in [-0.2, -0.15) is 0 Å². The normalized spacial score (nSPS) is 11.9. The van der Waals surface area contributed by atoms with Gasteiger partial charge in [0.25, 0.3) is 0 Å². The van der Waals surface area contributed by atoms with Crippen LogP contribution in [-0.4, -0.2) is 0 Å². The molecule has 0 N–H and O–H groups in total. The van der Waals surface area contributed by atoms with Gasteiger partial charge in [0.2, 0.25) is 0 Å². The zero-order valence-corrected chi connectivity index (χ0v) is 10.0. The van der Waals surface area contributed by atoms with E-state index in [0.29, 0.717) is 0 Å². The first-order chi connectivity index (χ1) is 6.98. The fourth-order valence-electron chi connectivity index (χ4n) is 1.47. The molecule has 0 fully saturated rings. The molecule has 0 bridgehead atoms. The molecule has 0 aliphatic rings. The Balaban J connectivity index is 2.79. The average molecular weight is 218 g/mol. The molecule has 15 heavy (non-hydrogen) atoms. The van der Waals surface area contributed by atoms with Crippen LogP contribution in [0, 0.1) is 4.51 Å². The van der Waals surface area contributed by atoms with Gasteiger partial charge in [0.15, 0.2) is 0 Å². The maximum absolute atomic E-state index is 5.84. The van der Waals surface area contributed by atoms with Crippen LogP contribution >= 0.6 is 12.2 Å². The quantitative estimate of drug-likeness (QED) is 0.606. The van der Waals surface area contributed by atoms with E-state index >= 15 is 0 Å². The highest BCUT2D eigenvalue weighted by Gasteiger charge is 2.17. The second-order valence-electron chi connectivity index (χ2n) is 4.72. The lowest BCUT2D eigenvalue weighted by atomic mass is 9.93. The van der Waals surface area contributed by atoms with Gasteiger partial charge >= 0.3 is 0 Å². The summed E-state index contributed by atoms with van der Waals surface area (Å²) in [6.07, 6.45) is 0. The fraction of sp³-hybridized carbons (Fsp3) is 0.308. The summed E-state index contributed by atoms with van der Waals surface area (Å²) in [7, 11) is 0. The molecular weight excluding hydrogens is 204 g/mol. The van der Waals surface area contributed by atoms with E-state index < -0.39 is 0 Å². The second kappa shape index (κ2) is 3.46. The van der Waals surface area contributed by atoms with E-state index in [9.17, 15) is 0 Å². The Kier molecular flexibility index (Phi) is 2.39. The van der Waals surface area contributed by atoms with Gasteiger partial charge in [0.05, 0.1) is 4.51 Å². The maximum Gasteiger partial charge on any atom is 0.135 e. The first-order valence-electron chi connectivity index (χ1n) is 5.02. The van der Waals surface area contributed by atoms with Crippen LogP contribution in [-0.2, 0) is 5.41 Å². The smallest absolute Gasteiger partial charge is 0.135 e. The van der Waals surface area contributed by atoms with Gasteiger partial charge in [-0.3, -0.25) is 0 Å². The number of hydrogen-bond acceptors (Lipinski definition) is 2. The van der Waals surface area contributed by atoms with Gasteiger partial charge in [0.1, 0.15) is 11.3 Å². The summed E-state index contributed by atoms with van der Waals surface area (Å²) in [5, 5.41) is 1.01. The van der Waals surface area contributed by atoms with Crippen LogP contribution in [0.5, 0.6) is 0 Å². The summed E-state index contributed by atoms with van der Waals surface area (Å²) < 4.78 is 6.70. The molecule has 78 valence electrons. The van der Waals surface area contributed by atoms with Crippen molar-refractivity contribution in [2.45, 2.75) is 26.2 Å². The van der Waals surface area contributed by atoms with Crippen molar-refractivity contribution in [3.63, 3.8) is 0 Å². The number of hydrogen-bond donors (Lipinski definition) is 0. The first-order valence-corrected chi connectivity index (χ1v) is 5.43. The summed E-state index contributed by atoms with van der Waals surface area (Å²) in [5.41, 5.74) is 0.868. The van der Waals surface area contributed by atoms with Crippen molar-refractivity contribution in [1.82, 2.24) is 0 Å². The Hall–Kier alpha value is -1.15. The first kappa shape index (κ1) is 10.4. The third kappa shape index (κ3) is 1.95. The monoisotopic (exact) mass is 218 g/mol. The molecule has 1 aromatic carbocycles. The molecule has 2 aromatic rings. The standard InChI is InChI=1S/C13H14OS/c1-13(2,3)12-8-11(15)9-6-4-5-7-10(9)14-12/h4-8H,1-3H3. The molecular formula is C13H14OS. The molecule has 1 heterocycles. The highest BCUT2D eigenvalue weighted by Crippen LogP contribution is 2.26. The molecule has 0 aliphatic heterocycles. The van der Waals surface area contributed by atoms with E-state index in [1.54, 1.807) is 0 Å². The van der Waals surface area contributed by atoms with Crippen molar-refractivity contribution < 1.29 is 4.42 Å². The van der Waals surface area contributed by atoms with Crippen molar-refractivity contribution in [2.75, 3.05) is 0 Å². The van der Waals surface area contributed by atoms with Crippen LogP contribution in [0.4, 0.5) is 0 Å². The number of benzene rings is 1. The van der Waals surface area contributed by atoms with E-state index in [1.807, 2.05) is 30.3 Å². The van der Waals surface area contributed by atoms with Crippen LogP contribution in [0.1, 0.15) is 26.5 Å². The van der Waals surface area contributed by atoms with Crippen molar-refractivity contribution in [1.29, 1.82) is 0 Å². The molecule has 0 saturated carbocycles. The minimum Gasteiger partial charge on any atom is -0.460 e. The van der Waals surface area contributed by atoms with E-state index in [4.69, 9.17) is 16.6 Å². The zero-order valence-electron chi connectivity index (χ0n) is 9.20. The Bertz CT molecular complexity index is 546. The molecule has 2 heteroatoms. The van der Waals surface area contributed by atoms with Gasteiger partial charge in [-0.05, 0) is 18.2 Å². The van der Waals surface area contributed by atoms with Crippen LogP contribution < -0.4 is 0 Å². The van der Waals surface area contributed by atoms with Gasteiger partial charge in [-0.15, -0.1) is 0 Å². The summed E-state index contributed by atoms with van der Waals surface area (Å²) in [6.45, 7) is 6.36. The third-order valence-electron chi connectivity index (χ3n) is 2.37. The topological polar surface area (TPSA) is 13.1 Å². The highest BCUT2D eigenvalue weighted by molar-refractivity contribution is 7.71. The third-order valence-corrected chi connectivity index (χ3v) is 2.71. The van der Waals surface area contributed by atoms with Crippen LogP contribution in [0.2, 0.25) is 0 Å². The largest absolute Gasteiger partial charge is 0.460 e. The van der Waals surface area contributed by atoms with E-state index in [1.165, 1.54) is 0 Å². The van der Waals surface area contributed by atoms with Gasteiger partial charge in [0, 0.05) is 10.8 Å². The summed E-state index contributed by atoms with van der Waals surface area (Å²) in [5.74, 6) is 0.936. The van der Waals surface area contributed by atoms with E-state index in [0.717, 1.165) is 21.2 Å². The Morgan fingerprint density at radius 3 is 2.47 bits per heavy atom. The lowest BCUT2D eigenvalue weighted by Gasteiger charge is -2.17. The minimum atomic E-state index is -0.00239. The number of rotatable bonds is 0.